The number of nitrogens with zero attached hydrogens (tertiary/aromatic N) is 4. The summed E-state index contributed by atoms with van der Waals surface area (Å²) in [5.41, 5.74) is 2.33. The van der Waals surface area contributed by atoms with Crippen LogP contribution in [0.1, 0.15) is 18.2 Å². The van der Waals surface area contributed by atoms with Gasteiger partial charge in [-0.05, 0) is 54.6 Å². The van der Waals surface area contributed by atoms with Crippen LogP contribution in [0, 0.1) is 11.6 Å². The number of benzene rings is 3. The van der Waals surface area contributed by atoms with Gasteiger partial charge in [0.2, 0.25) is 17.8 Å². The molecule has 0 aliphatic carbocycles. The Morgan fingerprint density at radius 1 is 1.02 bits per heavy atom. The standard InChI is InChI=1S/C30H29F2N7O4S/c1-3-44(41,42)22-9-11-27(43-2)25(16-22)36-29-34-13-12-21(35-29)17-33-18-39-26-7-5-4-6-24(26)37-30(39)38-28(40)15-19-14-20(31)8-10-23(19)32/h4-14,16,33H,3,15,17-18H2,1-2H3,(H,34,35,36)(H,37,38,40). The van der Waals surface area contributed by atoms with Crippen molar-refractivity contribution in [2.24, 2.45) is 0 Å². The number of aromatic nitrogens is 4. The molecule has 3 N–H and O–H groups in total. The number of fused-ring (bicyclic) bond motifs is 1. The monoisotopic (exact) mass is 621 g/mol. The molecule has 1 amide bonds. The summed E-state index contributed by atoms with van der Waals surface area (Å²) in [6.45, 7) is 2.10. The van der Waals surface area contributed by atoms with Crippen molar-refractivity contribution in [3.05, 3.63) is 95.8 Å². The summed E-state index contributed by atoms with van der Waals surface area (Å²) >= 11 is 0. The van der Waals surface area contributed by atoms with Crippen molar-refractivity contribution in [3.8, 4) is 5.75 Å². The SMILES string of the molecule is CCS(=O)(=O)c1ccc(OC)c(Nc2nccc(CNCn3c(NC(=O)Cc4cc(F)ccc4F)nc4ccccc43)n2)c1. The maximum atomic E-state index is 14.1. The molecule has 0 fully saturated rings. The van der Waals surface area contributed by atoms with Crippen LogP contribution in [0.4, 0.5) is 26.4 Å². The number of ether oxygens (including phenoxy) is 1. The number of nitrogens with one attached hydrogen (secondary N) is 3. The summed E-state index contributed by atoms with van der Waals surface area (Å²) in [5.74, 6) is -1.01. The second-order valence-electron chi connectivity index (χ2n) is 9.66. The predicted molar refractivity (Wildman–Crippen MR) is 161 cm³/mol. The van der Waals surface area contributed by atoms with E-state index in [9.17, 15) is 22.0 Å². The first-order chi connectivity index (χ1) is 21.2. The number of carbonyl (C=O) groups is 1. The highest BCUT2D eigenvalue weighted by atomic mass is 32.2. The highest BCUT2D eigenvalue weighted by Crippen LogP contribution is 2.30. The molecule has 0 spiro atoms. The number of imidazole rings is 1. The normalized spacial score (nSPS) is 11.5. The number of hydrogen-bond donors (Lipinski definition) is 3. The number of rotatable bonds is 12. The van der Waals surface area contributed by atoms with Gasteiger partial charge in [0.15, 0.2) is 9.84 Å². The Hall–Kier alpha value is -4.95. The molecular weight excluding hydrogens is 592 g/mol. The maximum Gasteiger partial charge on any atom is 0.231 e. The zero-order valence-electron chi connectivity index (χ0n) is 23.8. The summed E-state index contributed by atoms with van der Waals surface area (Å²) in [4.78, 5) is 26.2. The van der Waals surface area contributed by atoms with Gasteiger partial charge >= 0.3 is 0 Å². The highest BCUT2D eigenvalue weighted by molar-refractivity contribution is 7.91. The van der Waals surface area contributed by atoms with Gasteiger partial charge in [0, 0.05) is 18.3 Å². The van der Waals surface area contributed by atoms with Gasteiger partial charge in [0.05, 0.1) is 53.3 Å². The molecule has 3 aromatic carbocycles. The second kappa shape index (κ2) is 13.1. The molecule has 2 heterocycles. The average molecular weight is 622 g/mol. The van der Waals surface area contributed by atoms with Gasteiger partial charge in [-0.25, -0.2) is 32.2 Å². The van der Waals surface area contributed by atoms with Gasteiger partial charge in [-0.2, -0.15) is 0 Å². The number of methoxy groups -OCH3 is 1. The molecule has 0 bridgehead atoms. The summed E-state index contributed by atoms with van der Waals surface area (Å²) in [6, 6.07) is 16.5. The highest BCUT2D eigenvalue weighted by Gasteiger charge is 2.17. The van der Waals surface area contributed by atoms with E-state index in [0.717, 1.165) is 23.7 Å². The van der Waals surface area contributed by atoms with Crippen LogP contribution in [0.3, 0.4) is 0 Å². The number of anilines is 3. The molecule has 228 valence electrons. The summed E-state index contributed by atoms with van der Waals surface area (Å²) in [6.07, 6.45) is 1.20. The van der Waals surface area contributed by atoms with Crippen LogP contribution in [-0.4, -0.2) is 46.7 Å². The van der Waals surface area contributed by atoms with Crippen molar-refractivity contribution in [3.63, 3.8) is 0 Å². The van der Waals surface area contributed by atoms with Crippen LogP contribution in [0.25, 0.3) is 11.0 Å². The van der Waals surface area contributed by atoms with Crippen molar-refractivity contribution in [2.45, 2.75) is 31.5 Å². The fourth-order valence-electron chi connectivity index (χ4n) is 4.47. The van der Waals surface area contributed by atoms with E-state index in [4.69, 9.17) is 4.74 Å². The van der Waals surface area contributed by atoms with Crippen LogP contribution < -0.4 is 20.7 Å². The molecule has 11 nitrogen and oxygen atoms in total. The number of para-hydroxylation sites is 2. The first kappa shape index (κ1) is 30.5. The molecule has 0 unspecified atom stereocenters. The molecular formula is C30H29F2N7O4S. The smallest absolute Gasteiger partial charge is 0.231 e. The molecule has 5 rings (SSSR count). The van der Waals surface area contributed by atoms with E-state index in [1.807, 2.05) is 18.2 Å². The second-order valence-corrected chi connectivity index (χ2v) is 11.9. The minimum atomic E-state index is -3.44. The Kier molecular flexibility index (Phi) is 9.11. The van der Waals surface area contributed by atoms with Crippen LogP contribution in [-0.2, 0) is 34.3 Å². The number of halogens is 2. The molecule has 0 aliphatic heterocycles. The van der Waals surface area contributed by atoms with E-state index in [1.165, 1.54) is 19.2 Å². The number of sulfone groups is 1. The molecule has 44 heavy (non-hydrogen) atoms. The molecule has 0 aliphatic rings. The average Bonchev–Trinajstić information content (AvgIpc) is 3.35. The Morgan fingerprint density at radius 2 is 1.84 bits per heavy atom. The van der Waals surface area contributed by atoms with E-state index in [2.05, 4.69) is 30.9 Å². The predicted octanol–water partition coefficient (Wildman–Crippen LogP) is 4.58. The molecule has 0 atom stereocenters. The summed E-state index contributed by atoms with van der Waals surface area (Å²) < 4.78 is 59.6. The lowest BCUT2D eigenvalue weighted by atomic mass is 10.1. The fourth-order valence-corrected chi connectivity index (χ4v) is 5.37. The van der Waals surface area contributed by atoms with Crippen LogP contribution in [0.2, 0.25) is 0 Å². The van der Waals surface area contributed by atoms with Crippen LogP contribution >= 0.6 is 0 Å². The lowest BCUT2D eigenvalue weighted by Crippen LogP contribution is -2.23. The van der Waals surface area contributed by atoms with Crippen molar-refractivity contribution in [2.75, 3.05) is 23.5 Å². The van der Waals surface area contributed by atoms with E-state index < -0.39 is 27.4 Å². The third kappa shape index (κ3) is 6.98. The Labute approximate surface area is 252 Å². The van der Waals surface area contributed by atoms with Crippen LogP contribution in [0.15, 0.2) is 77.8 Å². The van der Waals surface area contributed by atoms with E-state index in [0.29, 0.717) is 29.2 Å². The minimum Gasteiger partial charge on any atom is -0.495 e. The summed E-state index contributed by atoms with van der Waals surface area (Å²) in [5, 5.41) is 9.00. The van der Waals surface area contributed by atoms with Gasteiger partial charge in [0.1, 0.15) is 17.4 Å². The summed E-state index contributed by atoms with van der Waals surface area (Å²) in [7, 11) is -1.96. The van der Waals surface area contributed by atoms with Crippen molar-refractivity contribution in [1.82, 2.24) is 24.8 Å². The van der Waals surface area contributed by atoms with E-state index in [-0.39, 0.29) is 41.2 Å². The first-order valence-corrected chi connectivity index (χ1v) is 15.2. The topological polar surface area (TPSA) is 140 Å². The van der Waals surface area contributed by atoms with E-state index in [1.54, 1.807) is 35.9 Å². The molecule has 5 aromatic rings. The molecule has 0 radical (unpaired) electrons. The fraction of sp³-hybridized carbons (Fsp3) is 0.200. The number of carbonyl (C=O) groups excluding carboxylic acids is 1. The largest absolute Gasteiger partial charge is 0.495 e. The molecule has 14 heteroatoms. The zero-order valence-corrected chi connectivity index (χ0v) is 24.7. The van der Waals surface area contributed by atoms with Gasteiger partial charge in [-0.3, -0.25) is 20.0 Å². The lowest BCUT2D eigenvalue weighted by Gasteiger charge is -2.13. The van der Waals surface area contributed by atoms with E-state index >= 15 is 0 Å². The van der Waals surface area contributed by atoms with Gasteiger partial charge in [-0.15, -0.1) is 0 Å². The third-order valence-electron chi connectivity index (χ3n) is 6.71. The maximum absolute atomic E-state index is 14.1. The Bertz CT molecular complexity index is 1930. The number of hydrogen-bond acceptors (Lipinski definition) is 9. The minimum absolute atomic E-state index is 0.0421. The quantitative estimate of drug-likeness (QED) is 0.183. The lowest BCUT2D eigenvalue weighted by molar-refractivity contribution is -0.115. The van der Waals surface area contributed by atoms with Crippen LogP contribution in [0.5, 0.6) is 5.75 Å². The van der Waals surface area contributed by atoms with Gasteiger partial charge in [0.25, 0.3) is 0 Å². The van der Waals surface area contributed by atoms with Crippen molar-refractivity contribution < 1.29 is 26.7 Å². The Morgan fingerprint density at radius 3 is 2.64 bits per heavy atom. The first-order valence-electron chi connectivity index (χ1n) is 13.6. The third-order valence-corrected chi connectivity index (χ3v) is 8.44. The van der Waals surface area contributed by atoms with Crippen molar-refractivity contribution in [1.29, 1.82) is 0 Å². The Balaban J connectivity index is 1.29. The van der Waals surface area contributed by atoms with Crippen molar-refractivity contribution >= 4 is 44.4 Å². The number of amides is 1. The molecule has 0 saturated carbocycles. The van der Waals surface area contributed by atoms with Gasteiger partial charge in [-0.1, -0.05) is 19.1 Å². The molecule has 2 aromatic heterocycles. The zero-order chi connectivity index (χ0) is 31.3. The van der Waals surface area contributed by atoms with Gasteiger partial charge < -0.3 is 10.1 Å². The molecule has 0 saturated heterocycles.